The first-order chi connectivity index (χ1) is 6.33. The van der Waals surface area contributed by atoms with Crippen molar-refractivity contribution in [1.29, 1.82) is 5.26 Å². The molecule has 0 atom stereocenters. The molecule has 0 unspecified atom stereocenters. The summed E-state index contributed by atoms with van der Waals surface area (Å²) in [7, 11) is 0. The molecular weight excluding hydrogens is 186 g/mol. The van der Waals surface area contributed by atoms with Gasteiger partial charge in [0.25, 0.3) is 0 Å². The van der Waals surface area contributed by atoms with Crippen LogP contribution in [0.25, 0.3) is 0 Å². The molecule has 0 spiro atoms. The van der Waals surface area contributed by atoms with Crippen LogP contribution in [0.15, 0.2) is 29.4 Å². The van der Waals surface area contributed by atoms with Crippen molar-refractivity contribution in [3.63, 3.8) is 0 Å². The Morgan fingerprint density at radius 1 is 1.62 bits per heavy atom. The van der Waals surface area contributed by atoms with E-state index in [0.29, 0.717) is 11.6 Å². The first kappa shape index (κ1) is 9.56. The quantitative estimate of drug-likeness (QED) is 0.589. The molecule has 0 aliphatic heterocycles. The molecule has 1 N–H and O–H groups in total. The Morgan fingerprint density at radius 3 is 3.15 bits per heavy atom. The molecule has 0 amide bonds. The Balaban J connectivity index is 2.46. The third-order valence-corrected chi connectivity index (χ3v) is 1.62. The lowest BCUT2D eigenvalue weighted by atomic mass is 10.2. The largest absolute Gasteiger partial charge is 0.305 e. The Bertz CT molecular complexity index is 341. The summed E-state index contributed by atoms with van der Waals surface area (Å²) in [6, 6.07) is 9.24. The van der Waals surface area contributed by atoms with Gasteiger partial charge in [-0.05, 0) is 17.7 Å². The third kappa shape index (κ3) is 3.59. The van der Waals surface area contributed by atoms with E-state index in [2.05, 4.69) is 10.5 Å². The predicted octanol–water partition coefficient (Wildman–Crippen LogP) is 1.94. The molecule has 0 fully saturated rings. The molecule has 1 rings (SSSR count). The molecule has 13 heavy (non-hydrogen) atoms. The predicted molar refractivity (Wildman–Crippen MR) is 52.4 cm³/mol. The smallest absolute Gasteiger partial charge is 0.124 e. The van der Waals surface area contributed by atoms with Gasteiger partial charge in [0, 0.05) is 5.02 Å². The molecule has 4 heteroatoms. The fourth-order valence-electron chi connectivity index (χ4n) is 0.858. The van der Waals surface area contributed by atoms with E-state index in [1.54, 1.807) is 6.07 Å². The highest BCUT2D eigenvalue weighted by Crippen LogP contribution is 2.09. The van der Waals surface area contributed by atoms with Crippen LogP contribution < -0.4 is 5.43 Å². The molecule has 0 bridgehead atoms. The minimum Gasteiger partial charge on any atom is -0.305 e. The topological polar surface area (TPSA) is 48.2 Å². The van der Waals surface area contributed by atoms with E-state index in [9.17, 15) is 0 Å². The van der Waals surface area contributed by atoms with E-state index >= 15 is 0 Å². The van der Waals surface area contributed by atoms with Crippen molar-refractivity contribution in [3.8, 4) is 6.07 Å². The molecule has 0 aliphatic carbocycles. The second-order valence-corrected chi connectivity index (χ2v) is 2.79. The van der Waals surface area contributed by atoms with Crippen LogP contribution in [0.3, 0.4) is 0 Å². The zero-order valence-electron chi connectivity index (χ0n) is 6.87. The van der Waals surface area contributed by atoms with Crippen LogP contribution in [0.4, 0.5) is 0 Å². The number of nitrogens with zero attached hydrogens (tertiary/aromatic N) is 2. The molecular formula is C9H8ClN3. The maximum atomic E-state index is 8.15. The Kier molecular flexibility index (Phi) is 3.80. The van der Waals surface area contributed by atoms with Crippen LogP contribution in [-0.4, -0.2) is 6.21 Å². The van der Waals surface area contributed by atoms with Crippen molar-refractivity contribution in [2.45, 2.75) is 6.54 Å². The van der Waals surface area contributed by atoms with Gasteiger partial charge >= 0.3 is 0 Å². The van der Waals surface area contributed by atoms with E-state index in [1.807, 2.05) is 24.3 Å². The minimum atomic E-state index is 0.568. The molecule has 1 aromatic rings. The van der Waals surface area contributed by atoms with Crippen LogP contribution in [0.5, 0.6) is 0 Å². The van der Waals surface area contributed by atoms with Crippen molar-refractivity contribution in [1.82, 2.24) is 5.43 Å². The standard InChI is InChI=1S/C9H8ClN3/c10-9-3-1-2-8(6-9)7-13-12-5-4-11/h1-3,5-6,13H,7H2. The van der Waals surface area contributed by atoms with Gasteiger partial charge in [0.15, 0.2) is 0 Å². The van der Waals surface area contributed by atoms with Gasteiger partial charge in [0.1, 0.15) is 12.3 Å². The summed E-state index contributed by atoms with van der Waals surface area (Å²) < 4.78 is 0. The highest BCUT2D eigenvalue weighted by Gasteiger charge is 1.91. The molecule has 3 nitrogen and oxygen atoms in total. The number of benzene rings is 1. The van der Waals surface area contributed by atoms with Crippen LogP contribution in [0.1, 0.15) is 5.56 Å². The SMILES string of the molecule is N#CC=NNCc1cccc(Cl)c1. The number of hydrazone groups is 1. The fourth-order valence-corrected chi connectivity index (χ4v) is 1.07. The summed E-state index contributed by atoms with van der Waals surface area (Å²) in [4.78, 5) is 0. The number of hydrogen-bond donors (Lipinski definition) is 1. The molecule has 0 aromatic heterocycles. The molecule has 0 heterocycles. The summed E-state index contributed by atoms with van der Waals surface area (Å²) in [6.07, 6.45) is 1.14. The normalized spacial score (nSPS) is 9.85. The van der Waals surface area contributed by atoms with Crippen molar-refractivity contribution in [2.75, 3.05) is 0 Å². The maximum Gasteiger partial charge on any atom is 0.124 e. The van der Waals surface area contributed by atoms with Crippen molar-refractivity contribution >= 4 is 17.8 Å². The van der Waals surface area contributed by atoms with Crippen LogP contribution in [0, 0.1) is 11.3 Å². The Labute approximate surface area is 81.6 Å². The highest BCUT2D eigenvalue weighted by atomic mass is 35.5. The van der Waals surface area contributed by atoms with Gasteiger partial charge in [-0.3, -0.25) is 0 Å². The number of rotatable bonds is 3. The zero-order chi connectivity index (χ0) is 9.52. The summed E-state index contributed by atoms with van der Waals surface area (Å²) in [5, 5.41) is 12.5. The molecule has 0 aliphatic rings. The van der Waals surface area contributed by atoms with Gasteiger partial charge in [0.05, 0.1) is 6.54 Å². The monoisotopic (exact) mass is 193 g/mol. The number of nitriles is 1. The lowest BCUT2D eigenvalue weighted by Gasteiger charge is -1.99. The Hall–Kier alpha value is -1.53. The second-order valence-electron chi connectivity index (χ2n) is 2.35. The zero-order valence-corrected chi connectivity index (χ0v) is 7.62. The van der Waals surface area contributed by atoms with Crippen molar-refractivity contribution < 1.29 is 0 Å². The molecule has 0 saturated heterocycles. The van der Waals surface area contributed by atoms with Crippen LogP contribution in [-0.2, 0) is 6.54 Å². The number of nitrogens with one attached hydrogen (secondary N) is 1. The minimum absolute atomic E-state index is 0.568. The number of hydrogen-bond acceptors (Lipinski definition) is 3. The maximum absolute atomic E-state index is 8.15. The van der Waals surface area contributed by atoms with E-state index in [-0.39, 0.29) is 0 Å². The van der Waals surface area contributed by atoms with Gasteiger partial charge in [-0.15, -0.1) is 0 Å². The van der Waals surface area contributed by atoms with E-state index < -0.39 is 0 Å². The van der Waals surface area contributed by atoms with E-state index in [4.69, 9.17) is 16.9 Å². The lowest BCUT2D eigenvalue weighted by molar-refractivity contribution is 0.749. The van der Waals surface area contributed by atoms with E-state index in [1.165, 1.54) is 0 Å². The van der Waals surface area contributed by atoms with Crippen LogP contribution in [0.2, 0.25) is 5.02 Å². The first-order valence-electron chi connectivity index (χ1n) is 3.71. The Morgan fingerprint density at radius 2 is 2.46 bits per heavy atom. The van der Waals surface area contributed by atoms with Gasteiger partial charge in [-0.2, -0.15) is 10.4 Å². The third-order valence-electron chi connectivity index (χ3n) is 1.39. The van der Waals surface area contributed by atoms with E-state index in [0.717, 1.165) is 11.8 Å². The molecule has 0 saturated carbocycles. The average Bonchev–Trinajstić information content (AvgIpc) is 2.13. The van der Waals surface area contributed by atoms with Crippen molar-refractivity contribution in [2.24, 2.45) is 5.10 Å². The summed E-state index contributed by atoms with van der Waals surface area (Å²) in [5.74, 6) is 0. The lowest BCUT2D eigenvalue weighted by Crippen LogP contribution is -2.04. The number of halogens is 1. The second kappa shape index (κ2) is 5.18. The van der Waals surface area contributed by atoms with Crippen molar-refractivity contribution in [3.05, 3.63) is 34.9 Å². The average molecular weight is 194 g/mol. The molecule has 66 valence electrons. The van der Waals surface area contributed by atoms with Gasteiger partial charge < -0.3 is 5.43 Å². The first-order valence-corrected chi connectivity index (χ1v) is 4.09. The van der Waals surface area contributed by atoms with Gasteiger partial charge in [-0.1, -0.05) is 23.7 Å². The highest BCUT2D eigenvalue weighted by molar-refractivity contribution is 6.30. The van der Waals surface area contributed by atoms with Gasteiger partial charge in [-0.25, -0.2) is 0 Å². The fraction of sp³-hybridized carbons (Fsp3) is 0.111. The molecule has 1 aromatic carbocycles. The summed E-state index contributed by atoms with van der Waals surface area (Å²) >= 11 is 5.77. The van der Waals surface area contributed by atoms with Gasteiger partial charge in [0.2, 0.25) is 0 Å². The summed E-state index contributed by atoms with van der Waals surface area (Å²) in [5.41, 5.74) is 3.75. The summed E-state index contributed by atoms with van der Waals surface area (Å²) in [6.45, 7) is 0.568. The van der Waals surface area contributed by atoms with Crippen LogP contribution >= 0.6 is 11.6 Å². The molecule has 0 radical (unpaired) electrons.